The van der Waals surface area contributed by atoms with Crippen molar-refractivity contribution in [2.45, 2.75) is 26.4 Å². The van der Waals surface area contributed by atoms with Crippen molar-refractivity contribution in [3.05, 3.63) is 52.9 Å². The number of aryl methyl sites for hydroxylation is 2. The third-order valence-electron chi connectivity index (χ3n) is 4.49. The second kappa shape index (κ2) is 7.99. The Kier molecular flexibility index (Phi) is 5.49. The van der Waals surface area contributed by atoms with Crippen molar-refractivity contribution >= 4 is 22.6 Å². The molecule has 1 aromatic heterocycles. The number of ether oxygens (including phenoxy) is 2. The summed E-state index contributed by atoms with van der Waals surface area (Å²) in [5.41, 5.74) is 2.17. The summed E-state index contributed by atoms with van der Waals surface area (Å²) in [4.78, 5) is 25.0. The molecule has 2 aromatic carbocycles. The number of methoxy groups -OCH3 is 2. The van der Waals surface area contributed by atoms with Gasteiger partial charge in [0.15, 0.2) is 0 Å². The number of carbonyl (C=O) groups excluding carboxylic acids is 1. The van der Waals surface area contributed by atoms with E-state index in [2.05, 4.69) is 5.32 Å². The number of nitrogens with zero attached hydrogens (tertiary/aromatic N) is 2. The SMILES string of the molecule is CCn1c(=O)n(CCC(=O)Nc2ccc(OC)cc2OC)c2ccccc21. The number of imidazole rings is 1. The number of carbonyl (C=O) groups is 1. The summed E-state index contributed by atoms with van der Waals surface area (Å²) < 4.78 is 13.8. The third-order valence-corrected chi connectivity index (χ3v) is 4.49. The van der Waals surface area contributed by atoms with Gasteiger partial charge in [0.1, 0.15) is 11.5 Å². The zero-order valence-electron chi connectivity index (χ0n) is 15.7. The van der Waals surface area contributed by atoms with E-state index in [1.807, 2.05) is 31.2 Å². The monoisotopic (exact) mass is 369 g/mol. The van der Waals surface area contributed by atoms with E-state index in [9.17, 15) is 9.59 Å². The number of nitrogens with one attached hydrogen (secondary N) is 1. The van der Waals surface area contributed by atoms with Gasteiger partial charge in [-0.2, -0.15) is 0 Å². The first-order valence-electron chi connectivity index (χ1n) is 8.79. The number of para-hydroxylation sites is 2. The fourth-order valence-corrected chi connectivity index (χ4v) is 3.12. The van der Waals surface area contributed by atoms with E-state index in [-0.39, 0.29) is 18.0 Å². The average molecular weight is 369 g/mol. The molecule has 0 aliphatic carbocycles. The molecule has 0 unspecified atom stereocenters. The Bertz CT molecular complexity index is 1020. The molecule has 0 saturated carbocycles. The van der Waals surface area contributed by atoms with E-state index < -0.39 is 0 Å². The van der Waals surface area contributed by atoms with E-state index >= 15 is 0 Å². The lowest BCUT2D eigenvalue weighted by Crippen LogP contribution is -2.25. The highest BCUT2D eigenvalue weighted by atomic mass is 16.5. The van der Waals surface area contributed by atoms with Gasteiger partial charge in [-0.15, -0.1) is 0 Å². The molecule has 27 heavy (non-hydrogen) atoms. The molecule has 0 radical (unpaired) electrons. The summed E-state index contributed by atoms with van der Waals surface area (Å²) in [6, 6.07) is 12.8. The van der Waals surface area contributed by atoms with Crippen molar-refractivity contribution in [2.24, 2.45) is 0 Å². The van der Waals surface area contributed by atoms with Gasteiger partial charge in [0.2, 0.25) is 5.91 Å². The highest BCUT2D eigenvalue weighted by molar-refractivity contribution is 5.92. The summed E-state index contributed by atoms with van der Waals surface area (Å²) in [5, 5.41) is 2.83. The zero-order valence-corrected chi connectivity index (χ0v) is 15.7. The van der Waals surface area contributed by atoms with Crippen LogP contribution in [0.25, 0.3) is 11.0 Å². The van der Waals surface area contributed by atoms with Crippen LogP contribution in [0.1, 0.15) is 13.3 Å². The first-order valence-corrected chi connectivity index (χ1v) is 8.79. The Morgan fingerprint density at radius 1 is 1.04 bits per heavy atom. The van der Waals surface area contributed by atoms with Crippen molar-refractivity contribution in [3.63, 3.8) is 0 Å². The van der Waals surface area contributed by atoms with Crippen LogP contribution < -0.4 is 20.5 Å². The van der Waals surface area contributed by atoms with Crippen LogP contribution in [0.4, 0.5) is 5.69 Å². The molecule has 0 aliphatic heterocycles. The standard InChI is InChI=1S/C20H23N3O4/c1-4-22-16-7-5-6-8-17(16)23(20(22)25)12-11-19(24)21-15-10-9-14(26-2)13-18(15)27-3/h5-10,13H,4,11-12H2,1-3H3,(H,21,24). The molecule has 7 heteroatoms. The highest BCUT2D eigenvalue weighted by Crippen LogP contribution is 2.29. The largest absolute Gasteiger partial charge is 0.497 e. The van der Waals surface area contributed by atoms with Gasteiger partial charge in [0.25, 0.3) is 0 Å². The van der Waals surface area contributed by atoms with E-state index in [0.717, 1.165) is 11.0 Å². The van der Waals surface area contributed by atoms with Gasteiger partial charge >= 0.3 is 5.69 Å². The molecule has 0 spiro atoms. The minimum absolute atomic E-state index is 0.103. The molecule has 0 bridgehead atoms. The van der Waals surface area contributed by atoms with Crippen LogP contribution in [0.2, 0.25) is 0 Å². The molecule has 1 N–H and O–H groups in total. The maximum atomic E-state index is 12.6. The van der Waals surface area contributed by atoms with E-state index in [0.29, 0.717) is 30.3 Å². The smallest absolute Gasteiger partial charge is 0.329 e. The number of anilines is 1. The van der Waals surface area contributed by atoms with Crippen molar-refractivity contribution in [1.29, 1.82) is 0 Å². The van der Waals surface area contributed by atoms with Crippen LogP contribution >= 0.6 is 0 Å². The number of fused-ring (bicyclic) bond motifs is 1. The number of amides is 1. The fourth-order valence-electron chi connectivity index (χ4n) is 3.12. The van der Waals surface area contributed by atoms with E-state index in [4.69, 9.17) is 9.47 Å². The summed E-state index contributed by atoms with van der Waals surface area (Å²) in [6.45, 7) is 2.82. The summed E-state index contributed by atoms with van der Waals surface area (Å²) in [7, 11) is 3.10. The van der Waals surface area contributed by atoms with E-state index in [1.165, 1.54) is 7.11 Å². The van der Waals surface area contributed by atoms with Gasteiger partial charge in [-0.25, -0.2) is 4.79 Å². The van der Waals surface area contributed by atoms with Crippen LogP contribution in [-0.2, 0) is 17.9 Å². The van der Waals surface area contributed by atoms with Gasteiger partial charge in [-0.05, 0) is 31.2 Å². The number of rotatable bonds is 7. The van der Waals surface area contributed by atoms with Crippen molar-refractivity contribution < 1.29 is 14.3 Å². The van der Waals surface area contributed by atoms with Crippen LogP contribution in [0, 0.1) is 0 Å². The topological polar surface area (TPSA) is 74.5 Å². The number of benzene rings is 2. The average Bonchev–Trinajstić information content (AvgIpc) is 2.97. The Morgan fingerprint density at radius 2 is 1.74 bits per heavy atom. The van der Waals surface area contributed by atoms with Gasteiger partial charge < -0.3 is 14.8 Å². The van der Waals surface area contributed by atoms with Crippen LogP contribution in [-0.4, -0.2) is 29.3 Å². The molecule has 0 atom stereocenters. The van der Waals surface area contributed by atoms with E-state index in [1.54, 1.807) is 34.4 Å². The minimum Gasteiger partial charge on any atom is -0.497 e. The summed E-state index contributed by atoms with van der Waals surface area (Å²) in [6.07, 6.45) is 0.173. The van der Waals surface area contributed by atoms with Crippen molar-refractivity contribution in [2.75, 3.05) is 19.5 Å². The molecule has 0 aliphatic rings. The first kappa shape index (κ1) is 18.6. The van der Waals surface area contributed by atoms with Gasteiger partial charge in [0, 0.05) is 25.6 Å². The summed E-state index contributed by atoms with van der Waals surface area (Å²) in [5.74, 6) is 0.963. The normalized spacial score (nSPS) is 10.8. The molecular weight excluding hydrogens is 346 g/mol. The molecule has 142 valence electrons. The molecule has 1 heterocycles. The second-order valence-corrected chi connectivity index (χ2v) is 6.03. The Labute approximate surface area is 157 Å². The zero-order chi connectivity index (χ0) is 19.4. The van der Waals surface area contributed by atoms with Gasteiger partial charge in [-0.1, -0.05) is 12.1 Å². The van der Waals surface area contributed by atoms with Crippen LogP contribution in [0.3, 0.4) is 0 Å². The molecule has 1 amide bonds. The van der Waals surface area contributed by atoms with Gasteiger partial charge in [-0.3, -0.25) is 13.9 Å². The predicted octanol–water partition coefficient (Wildman–Crippen LogP) is 2.87. The van der Waals surface area contributed by atoms with Crippen molar-refractivity contribution in [3.8, 4) is 11.5 Å². The third kappa shape index (κ3) is 3.67. The lowest BCUT2D eigenvalue weighted by atomic mass is 10.2. The maximum absolute atomic E-state index is 12.6. The molecule has 3 aromatic rings. The predicted molar refractivity (Wildman–Crippen MR) is 105 cm³/mol. The molecule has 0 saturated heterocycles. The highest BCUT2D eigenvalue weighted by Gasteiger charge is 2.14. The lowest BCUT2D eigenvalue weighted by Gasteiger charge is -2.11. The van der Waals surface area contributed by atoms with Crippen LogP contribution in [0.15, 0.2) is 47.3 Å². The Balaban J connectivity index is 1.76. The first-order chi connectivity index (χ1) is 13.1. The maximum Gasteiger partial charge on any atom is 0.329 e. The van der Waals surface area contributed by atoms with Crippen molar-refractivity contribution in [1.82, 2.24) is 9.13 Å². The fraction of sp³-hybridized carbons (Fsp3) is 0.300. The molecule has 7 nitrogen and oxygen atoms in total. The Hall–Kier alpha value is -3.22. The molecule has 3 rings (SSSR count). The number of hydrogen-bond acceptors (Lipinski definition) is 4. The lowest BCUT2D eigenvalue weighted by molar-refractivity contribution is -0.116. The van der Waals surface area contributed by atoms with Crippen LogP contribution in [0.5, 0.6) is 11.5 Å². The second-order valence-electron chi connectivity index (χ2n) is 6.03. The summed E-state index contributed by atoms with van der Waals surface area (Å²) >= 11 is 0. The number of aromatic nitrogens is 2. The minimum atomic E-state index is -0.196. The quantitative estimate of drug-likeness (QED) is 0.695. The number of hydrogen-bond donors (Lipinski definition) is 1. The Morgan fingerprint density at radius 3 is 2.37 bits per heavy atom. The molecule has 0 fully saturated rings. The molecular formula is C20H23N3O4. The van der Waals surface area contributed by atoms with Gasteiger partial charge in [0.05, 0.1) is 30.9 Å².